The largest absolute Gasteiger partial charge is 0.472 e. The van der Waals surface area contributed by atoms with E-state index in [1.54, 1.807) is 0 Å². The number of hydrogen-bond acceptors (Lipinski definition) is 11. The highest BCUT2D eigenvalue weighted by atomic mass is 31.2. The number of carbonyl (C=O) groups is 1. The predicted octanol–water partition coefficient (Wildman–Crippen LogP) is 10.2. The molecule has 0 aromatic heterocycles. The van der Waals surface area contributed by atoms with Crippen molar-refractivity contribution >= 4 is 13.8 Å². The van der Waals surface area contributed by atoms with Gasteiger partial charge in [0.2, 0.25) is 0 Å². The Morgan fingerprint density at radius 2 is 0.952 bits per heavy atom. The van der Waals surface area contributed by atoms with E-state index in [9.17, 15) is 39.8 Å². The van der Waals surface area contributed by atoms with Crippen LogP contribution in [0.1, 0.15) is 181 Å². The van der Waals surface area contributed by atoms with Gasteiger partial charge in [-0.1, -0.05) is 164 Å². The van der Waals surface area contributed by atoms with Crippen LogP contribution in [0.5, 0.6) is 0 Å². The summed E-state index contributed by atoms with van der Waals surface area (Å²) < 4.78 is 34.2. The minimum Gasteiger partial charge on any atom is -0.457 e. The number of ether oxygens (including phenoxy) is 2. The average molecular weight is 899 g/mol. The van der Waals surface area contributed by atoms with Gasteiger partial charge in [0, 0.05) is 13.0 Å². The Bertz CT molecular complexity index is 1250. The molecule has 1 aliphatic rings. The zero-order chi connectivity index (χ0) is 45.5. The first-order chi connectivity index (χ1) is 30.0. The van der Waals surface area contributed by atoms with Gasteiger partial charge < -0.3 is 39.9 Å². The van der Waals surface area contributed by atoms with Gasteiger partial charge in [-0.2, -0.15) is 0 Å². The number of aliphatic hydroxyl groups is 5. The highest BCUT2D eigenvalue weighted by molar-refractivity contribution is 7.47. The van der Waals surface area contributed by atoms with E-state index >= 15 is 0 Å². The SMILES string of the molecule is CC/C=C\C/C=C\C/C=C\C/C=C\CCCCCCCCCCCCCOCC(COP(=O)(O)OC1C(O)C(O)C(O)C(O)C1O)OC(=O)CCCCCCC/C=C\CCCC. The number of unbranched alkanes of at least 4 members (excludes halogenated alkanes) is 18. The summed E-state index contributed by atoms with van der Waals surface area (Å²) in [6, 6.07) is 0. The zero-order valence-electron chi connectivity index (χ0n) is 38.4. The molecular weight excluding hydrogens is 812 g/mol. The van der Waals surface area contributed by atoms with Crippen molar-refractivity contribution in [2.24, 2.45) is 0 Å². The van der Waals surface area contributed by atoms with Crippen LogP contribution in [0.3, 0.4) is 0 Å². The number of aliphatic hydroxyl groups excluding tert-OH is 5. The quantitative estimate of drug-likeness (QED) is 0.0148. The third-order valence-corrected chi connectivity index (χ3v) is 11.9. The molecule has 1 fully saturated rings. The van der Waals surface area contributed by atoms with Crippen molar-refractivity contribution in [1.82, 2.24) is 0 Å². The molecule has 13 heteroatoms. The smallest absolute Gasteiger partial charge is 0.457 e. The topological polar surface area (TPSA) is 192 Å². The van der Waals surface area contributed by atoms with Crippen molar-refractivity contribution in [3.05, 3.63) is 60.8 Å². The molecule has 0 aliphatic heterocycles. The van der Waals surface area contributed by atoms with Gasteiger partial charge in [0.25, 0.3) is 0 Å². The lowest BCUT2D eigenvalue weighted by Crippen LogP contribution is -2.64. The molecule has 0 amide bonds. The fourth-order valence-electron chi connectivity index (χ4n) is 7.03. The van der Waals surface area contributed by atoms with Crippen molar-refractivity contribution < 1.29 is 58.3 Å². The van der Waals surface area contributed by atoms with E-state index in [2.05, 4.69) is 74.6 Å². The van der Waals surface area contributed by atoms with Gasteiger partial charge in [0.05, 0.1) is 13.2 Å². The second kappa shape index (κ2) is 39.4. The summed E-state index contributed by atoms with van der Waals surface area (Å²) in [4.78, 5) is 23.1. The van der Waals surface area contributed by atoms with Gasteiger partial charge in [-0.25, -0.2) is 4.57 Å². The van der Waals surface area contributed by atoms with Crippen LogP contribution in [0, 0.1) is 0 Å². The summed E-state index contributed by atoms with van der Waals surface area (Å²) in [5.74, 6) is -0.491. The number of rotatable bonds is 40. The monoisotopic (exact) mass is 899 g/mol. The van der Waals surface area contributed by atoms with E-state index in [0.717, 1.165) is 89.9 Å². The molecule has 1 rings (SSSR count). The maximum absolute atomic E-state index is 12.8. The average Bonchev–Trinajstić information content (AvgIpc) is 3.26. The number of allylic oxidation sites excluding steroid dienone is 10. The van der Waals surface area contributed by atoms with Crippen molar-refractivity contribution in [2.45, 2.75) is 224 Å². The van der Waals surface area contributed by atoms with Crippen molar-refractivity contribution in [3.8, 4) is 0 Å². The standard InChI is InChI=1S/C49H87O12P/c1-3-5-7-9-11-13-15-16-17-18-19-20-21-22-23-24-25-26-27-29-31-33-35-37-39-58-40-42(60-43(50)38-36-34-32-30-28-14-12-10-8-6-4-2)41-59-62(56,57)61-49-47(54)45(52)44(51)46(53)48(49)55/h5,7,10-13,16-17,19-20,42,44-49,51-55H,3-4,6,8-9,14-15,18,21-41H2,1-2H3,(H,56,57)/b7-5-,12-10-,13-11-,17-16-,20-19-. The van der Waals surface area contributed by atoms with Crippen molar-refractivity contribution in [2.75, 3.05) is 19.8 Å². The lowest BCUT2D eigenvalue weighted by molar-refractivity contribution is -0.220. The van der Waals surface area contributed by atoms with E-state index in [0.29, 0.717) is 13.0 Å². The Kier molecular flexibility index (Phi) is 36.9. The lowest BCUT2D eigenvalue weighted by atomic mass is 9.85. The number of phosphoric ester groups is 1. The molecule has 0 aromatic carbocycles. The molecule has 360 valence electrons. The van der Waals surface area contributed by atoms with E-state index < -0.39 is 63.1 Å². The van der Waals surface area contributed by atoms with Crippen LogP contribution in [0.4, 0.5) is 0 Å². The lowest BCUT2D eigenvalue weighted by Gasteiger charge is -2.41. The van der Waals surface area contributed by atoms with Gasteiger partial charge in [-0.05, 0) is 70.6 Å². The van der Waals surface area contributed by atoms with Gasteiger partial charge in [0.15, 0.2) is 0 Å². The Morgan fingerprint density at radius 1 is 0.532 bits per heavy atom. The molecule has 0 heterocycles. The Morgan fingerprint density at radius 3 is 1.47 bits per heavy atom. The molecule has 12 nitrogen and oxygen atoms in total. The van der Waals surface area contributed by atoms with Gasteiger partial charge in [-0.3, -0.25) is 13.8 Å². The van der Waals surface area contributed by atoms with E-state index in [1.165, 1.54) is 64.2 Å². The molecule has 0 bridgehead atoms. The normalized spacial score (nSPS) is 22.5. The minimum absolute atomic E-state index is 0.0841. The fourth-order valence-corrected chi connectivity index (χ4v) is 8.01. The van der Waals surface area contributed by atoms with Crippen LogP contribution in [0.25, 0.3) is 0 Å². The molecule has 6 atom stereocenters. The minimum atomic E-state index is -5.02. The van der Waals surface area contributed by atoms with Crippen LogP contribution in [-0.2, 0) is 27.9 Å². The van der Waals surface area contributed by atoms with E-state index in [-0.39, 0.29) is 13.0 Å². The number of carbonyl (C=O) groups excluding carboxylic acids is 1. The Hall–Kier alpha value is -1.96. The first-order valence-electron chi connectivity index (χ1n) is 24.1. The maximum atomic E-state index is 12.8. The van der Waals surface area contributed by atoms with Crippen LogP contribution in [0.15, 0.2) is 60.8 Å². The van der Waals surface area contributed by atoms with Gasteiger partial charge in [0.1, 0.15) is 42.7 Å². The number of esters is 1. The first kappa shape index (κ1) is 58.1. The third-order valence-electron chi connectivity index (χ3n) is 10.9. The summed E-state index contributed by atoms with van der Waals surface area (Å²) in [5, 5.41) is 50.2. The van der Waals surface area contributed by atoms with Crippen LogP contribution < -0.4 is 0 Å². The second-order valence-corrected chi connectivity index (χ2v) is 18.0. The second-order valence-electron chi connectivity index (χ2n) is 16.6. The number of phosphoric acid groups is 1. The summed E-state index contributed by atoms with van der Waals surface area (Å²) in [5.41, 5.74) is 0. The van der Waals surface area contributed by atoms with Crippen molar-refractivity contribution in [3.63, 3.8) is 0 Å². The molecular formula is C49H87O12P. The highest BCUT2D eigenvalue weighted by Gasteiger charge is 2.51. The maximum Gasteiger partial charge on any atom is 0.472 e. The summed E-state index contributed by atoms with van der Waals surface area (Å²) in [6.07, 6.45) is 37.3. The molecule has 6 unspecified atom stereocenters. The van der Waals surface area contributed by atoms with Crippen LogP contribution in [-0.4, -0.2) is 98.9 Å². The fraction of sp³-hybridized carbons (Fsp3) is 0.776. The summed E-state index contributed by atoms with van der Waals surface area (Å²) in [7, 11) is -5.02. The van der Waals surface area contributed by atoms with Gasteiger partial charge >= 0.3 is 13.8 Å². The van der Waals surface area contributed by atoms with Gasteiger partial charge in [-0.15, -0.1) is 0 Å². The Labute approximate surface area is 375 Å². The summed E-state index contributed by atoms with van der Waals surface area (Å²) >= 11 is 0. The molecule has 62 heavy (non-hydrogen) atoms. The first-order valence-corrected chi connectivity index (χ1v) is 25.6. The molecule has 0 spiro atoms. The van der Waals surface area contributed by atoms with E-state index in [4.69, 9.17) is 18.5 Å². The molecule has 0 aromatic rings. The van der Waals surface area contributed by atoms with Crippen molar-refractivity contribution in [1.29, 1.82) is 0 Å². The van der Waals surface area contributed by atoms with E-state index in [1.807, 2.05) is 0 Å². The Balaban J connectivity index is 2.31. The third kappa shape index (κ3) is 31.0. The molecule has 6 N–H and O–H groups in total. The predicted molar refractivity (Wildman–Crippen MR) is 248 cm³/mol. The van der Waals surface area contributed by atoms with Crippen LogP contribution in [0.2, 0.25) is 0 Å². The molecule has 0 saturated heterocycles. The highest BCUT2D eigenvalue weighted by Crippen LogP contribution is 2.47. The number of hydrogen-bond donors (Lipinski definition) is 6. The molecule has 1 saturated carbocycles. The van der Waals surface area contributed by atoms with Crippen LogP contribution >= 0.6 is 7.82 Å². The molecule has 1 aliphatic carbocycles. The summed E-state index contributed by atoms with van der Waals surface area (Å²) in [6.45, 7) is 4.08. The molecule has 0 radical (unpaired) electrons. The zero-order valence-corrected chi connectivity index (χ0v) is 39.3.